The first-order valence-corrected chi connectivity index (χ1v) is 9.06. The normalized spacial score (nSPS) is 10.8. The van der Waals surface area contributed by atoms with Crippen molar-refractivity contribution in [1.29, 1.82) is 0 Å². The molecular formula is C19H20N2O3S. The van der Waals surface area contributed by atoms with Crippen LogP contribution in [-0.4, -0.2) is 16.5 Å². The maximum atomic E-state index is 12.2. The third-order valence-corrected chi connectivity index (χ3v) is 4.89. The Morgan fingerprint density at radius 1 is 1.16 bits per heavy atom. The highest BCUT2D eigenvalue weighted by Crippen LogP contribution is 2.17. The quantitative estimate of drug-likeness (QED) is 0.699. The van der Waals surface area contributed by atoms with Crippen LogP contribution in [0.1, 0.15) is 19.8 Å². The van der Waals surface area contributed by atoms with Gasteiger partial charge < -0.3 is 10.1 Å². The van der Waals surface area contributed by atoms with Crippen molar-refractivity contribution < 1.29 is 9.53 Å². The molecule has 0 aliphatic carbocycles. The van der Waals surface area contributed by atoms with Crippen molar-refractivity contribution in [3.63, 3.8) is 0 Å². The zero-order valence-electron chi connectivity index (χ0n) is 14.0. The Bertz CT molecular complexity index is 912. The highest BCUT2D eigenvalue weighted by Gasteiger charge is 2.08. The summed E-state index contributed by atoms with van der Waals surface area (Å²) in [5.74, 6) is 0.725. The van der Waals surface area contributed by atoms with Gasteiger partial charge in [-0.3, -0.25) is 13.5 Å². The molecule has 0 saturated carbocycles. The molecule has 130 valence electrons. The van der Waals surface area contributed by atoms with Crippen LogP contribution in [0.3, 0.4) is 0 Å². The van der Waals surface area contributed by atoms with E-state index in [1.165, 1.54) is 11.5 Å². The van der Waals surface area contributed by atoms with Gasteiger partial charge in [-0.2, -0.15) is 0 Å². The number of anilines is 1. The first-order valence-electron chi connectivity index (χ1n) is 8.29. The average molecular weight is 356 g/mol. The predicted octanol–water partition coefficient (Wildman–Crippen LogP) is 3.88. The SMILES string of the molecule is CCOc1ccc(NC(=O)CCCn2sc3ccccc3c2=O)cc1. The molecule has 3 aromatic rings. The summed E-state index contributed by atoms with van der Waals surface area (Å²) in [6.07, 6.45) is 0.990. The number of carbonyl (C=O) groups excluding carboxylic acids is 1. The number of hydrogen-bond donors (Lipinski definition) is 1. The monoisotopic (exact) mass is 356 g/mol. The summed E-state index contributed by atoms with van der Waals surface area (Å²) in [5.41, 5.74) is 0.764. The van der Waals surface area contributed by atoms with E-state index in [9.17, 15) is 9.59 Å². The topological polar surface area (TPSA) is 60.3 Å². The Balaban J connectivity index is 1.52. The highest BCUT2D eigenvalue weighted by atomic mass is 32.1. The van der Waals surface area contributed by atoms with Crippen molar-refractivity contribution in [1.82, 2.24) is 3.96 Å². The number of rotatable bonds is 7. The van der Waals surface area contributed by atoms with E-state index in [4.69, 9.17) is 4.74 Å². The highest BCUT2D eigenvalue weighted by molar-refractivity contribution is 7.13. The van der Waals surface area contributed by atoms with Crippen LogP contribution >= 0.6 is 11.5 Å². The summed E-state index contributed by atoms with van der Waals surface area (Å²) in [6, 6.07) is 14.9. The first-order chi connectivity index (χ1) is 12.2. The number of fused-ring (bicyclic) bond motifs is 1. The van der Waals surface area contributed by atoms with E-state index >= 15 is 0 Å². The average Bonchev–Trinajstić information content (AvgIpc) is 2.93. The van der Waals surface area contributed by atoms with E-state index in [0.29, 0.717) is 26.0 Å². The Morgan fingerprint density at radius 3 is 2.64 bits per heavy atom. The van der Waals surface area contributed by atoms with Crippen molar-refractivity contribution in [2.24, 2.45) is 0 Å². The zero-order chi connectivity index (χ0) is 17.6. The molecule has 0 spiro atoms. The molecule has 0 aliphatic rings. The molecule has 0 saturated heterocycles. The standard InChI is InChI=1S/C19H20N2O3S/c1-2-24-15-11-9-14(10-12-15)20-18(22)8-5-13-21-19(23)16-6-3-4-7-17(16)25-21/h3-4,6-7,9-12H,2,5,8,13H2,1H3,(H,20,22). The molecule has 25 heavy (non-hydrogen) atoms. The number of nitrogens with one attached hydrogen (secondary N) is 1. The van der Waals surface area contributed by atoms with Crippen LogP contribution in [0.5, 0.6) is 5.75 Å². The summed E-state index contributed by atoms with van der Waals surface area (Å²) in [5, 5.41) is 3.60. The molecule has 0 unspecified atom stereocenters. The van der Waals surface area contributed by atoms with Crippen molar-refractivity contribution in [3.05, 3.63) is 58.9 Å². The number of amides is 1. The number of hydrogen-bond acceptors (Lipinski definition) is 4. The minimum Gasteiger partial charge on any atom is -0.494 e. The molecule has 0 radical (unpaired) electrons. The molecule has 6 heteroatoms. The Morgan fingerprint density at radius 2 is 1.92 bits per heavy atom. The molecule has 2 aromatic carbocycles. The van der Waals surface area contributed by atoms with E-state index in [1.807, 2.05) is 55.5 Å². The third kappa shape index (κ3) is 4.28. The van der Waals surface area contributed by atoms with Gasteiger partial charge in [0.15, 0.2) is 0 Å². The lowest BCUT2D eigenvalue weighted by atomic mass is 10.2. The molecule has 1 aromatic heterocycles. The van der Waals surface area contributed by atoms with Crippen molar-refractivity contribution in [2.45, 2.75) is 26.3 Å². The van der Waals surface area contributed by atoms with Gasteiger partial charge in [0.25, 0.3) is 5.56 Å². The van der Waals surface area contributed by atoms with Gasteiger partial charge in [-0.25, -0.2) is 0 Å². The largest absolute Gasteiger partial charge is 0.494 e. The molecule has 0 atom stereocenters. The molecule has 0 bridgehead atoms. The first kappa shape index (κ1) is 17.2. The second kappa shape index (κ2) is 7.98. The van der Waals surface area contributed by atoms with Crippen LogP contribution in [0.25, 0.3) is 10.1 Å². The fraction of sp³-hybridized carbons (Fsp3) is 0.263. The van der Waals surface area contributed by atoms with E-state index in [2.05, 4.69) is 5.32 Å². The Kier molecular flexibility index (Phi) is 5.50. The number of nitrogens with zero attached hydrogens (tertiary/aromatic N) is 1. The summed E-state index contributed by atoms with van der Waals surface area (Å²) < 4.78 is 8.07. The van der Waals surface area contributed by atoms with Crippen LogP contribution in [0.2, 0.25) is 0 Å². The predicted molar refractivity (Wildman–Crippen MR) is 102 cm³/mol. The van der Waals surface area contributed by atoms with Gasteiger partial charge in [0.05, 0.1) is 16.7 Å². The minimum absolute atomic E-state index is 0.0209. The van der Waals surface area contributed by atoms with Gasteiger partial charge in [0, 0.05) is 18.7 Å². The Labute approximate surface area is 150 Å². The maximum Gasteiger partial charge on any atom is 0.268 e. The molecule has 5 nitrogen and oxygen atoms in total. The molecule has 1 heterocycles. The number of aryl methyl sites for hydroxylation is 1. The fourth-order valence-corrected chi connectivity index (χ4v) is 3.60. The summed E-state index contributed by atoms with van der Waals surface area (Å²) in [6.45, 7) is 3.09. The number of benzene rings is 2. The number of ether oxygens (including phenoxy) is 1. The minimum atomic E-state index is -0.0571. The number of carbonyl (C=O) groups is 1. The lowest BCUT2D eigenvalue weighted by molar-refractivity contribution is -0.116. The summed E-state index contributed by atoms with van der Waals surface area (Å²) in [4.78, 5) is 24.3. The van der Waals surface area contributed by atoms with Crippen molar-refractivity contribution in [2.75, 3.05) is 11.9 Å². The molecular weight excluding hydrogens is 336 g/mol. The van der Waals surface area contributed by atoms with Gasteiger partial charge in [-0.15, -0.1) is 0 Å². The number of aromatic nitrogens is 1. The maximum absolute atomic E-state index is 12.2. The van der Waals surface area contributed by atoms with Gasteiger partial charge in [-0.1, -0.05) is 23.7 Å². The molecule has 1 amide bonds. The molecule has 1 N–H and O–H groups in total. The Hall–Kier alpha value is -2.60. The smallest absolute Gasteiger partial charge is 0.268 e. The second-order valence-corrected chi connectivity index (χ2v) is 6.67. The van der Waals surface area contributed by atoms with Crippen molar-refractivity contribution in [3.8, 4) is 5.75 Å². The fourth-order valence-electron chi connectivity index (χ4n) is 2.57. The lowest BCUT2D eigenvalue weighted by Gasteiger charge is -2.07. The third-order valence-electron chi connectivity index (χ3n) is 3.77. The van der Waals surface area contributed by atoms with E-state index in [0.717, 1.165) is 21.5 Å². The lowest BCUT2D eigenvalue weighted by Crippen LogP contribution is -2.16. The zero-order valence-corrected chi connectivity index (χ0v) is 14.8. The van der Waals surface area contributed by atoms with Crippen LogP contribution in [0, 0.1) is 0 Å². The van der Waals surface area contributed by atoms with Gasteiger partial charge in [-0.05, 0) is 49.7 Å². The van der Waals surface area contributed by atoms with Crippen LogP contribution in [0.15, 0.2) is 53.3 Å². The van der Waals surface area contributed by atoms with E-state index in [1.54, 1.807) is 3.96 Å². The van der Waals surface area contributed by atoms with E-state index in [-0.39, 0.29) is 11.5 Å². The van der Waals surface area contributed by atoms with Gasteiger partial charge in [0.2, 0.25) is 5.91 Å². The summed E-state index contributed by atoms with van der Waals surface area (Å²) in [7, 11) is 0. The van der Waals surface area contributed by atoms with Crippen molar-refractivity contribution >= 4 is 33.2 Å². The van der Waals surface area contributed by atoms with Crippen LogP contribution in [0.4, 0.5) is 5.69 Å². The van der Waals surface area contributed by atoms with Gasteiger partial charge >= 0.3 is 0 Å². The van der Waals surface area contributed by atoms with Crippen LogP contribution < -0.4 is 15.6 Å². The van der Waals surface area contributed by atoms with Gasteiger partial charge in [0.1, 0.15) is 5.75 Å². The molecule has 0 aliphatic heterocycles. The van der Waals surface area contributed by atoms with Crippen LogP contribution in [-0.2, 0) is 11.3 Å². The summed E-state index contributed by atoms with van der Waals surface area (Å²) >= 11 is 1.44. The van der Waals surface area contributed by atoms with E-state index < -0.39 is 0 Å². The molecule has 3 rings (SSSR count). The second-order valence-electron chi connectivity index (χ2n) is 5.60. The molecule has 0 fully saturated rings.